The number of hydrogen-bond donors (Lipinski definition) is 1. The van der Waals surface area contributed by atoms with Crippen LogP contribution in [0.25, 0.3) is 0 Å². The largest absolute Gasteiger partial charge is 0.772 e. The maximum absolute atomic E-state index is 10.6. The monoisotopic (exact) mass is 237 g/mol. The Hall–Kier alpha value is -1.22. The predicted octanol–water partition coefficient (Wildman–Crippen LogP) is 0.849. The summed E-state index contributed by atoms with van der Waals surface area (Å²) in [5.41, 5.74) is 7.21. The molecule has 0 saturated carbocycles. The van der Waals surface area contributed by atoms with Crippen LogP contribution < -0.4 is 5.73 Å². The fourth-order valence-electron chi connectivity index (χ4n) is 1.44. The lowest BCUT2D eigenvalue weighted by molar-refractivity contribution is 0.536. The molecule has 2 unspecified atom stereocenters. The van der Waals surface area contributed by atoms with Crippen molar-refractivity contribution in [2.24, 2.45) is 5.73 Å². The van der Waals surface area contributed by atoms with E-state index in [4.69, 9.17) is 11.0 Å². The van der Waals surface area contributed by atoms with Gasteiger partial charge in [0, 0.05) is 5.75 Å². The van der Waals surface area contributed by atoms with Gasteiger partial charge in [0.15, 0.2) is 0 Å². The fourth-order valence-corrected chi connectivity index (χ4v) is 1.98. The summed E-state index contributed by atoms with van der Waals surface area (Å²) in [5.74, 6) is 0.0119. The van der Waals surface area contributed by atoms with Crippen molar-refractivity contribution < 1.29 is 8.76 Å². The third kappa shape index (κ3) is 4.11. The van der Waals surface area contributed by atoms with Crippen LogP contribution in [0.5, 0.6) is 0 Å². The SMILES string of the molecule is N#CC(N)CCc1ccccc1CS(=O)[O-]. The summed E-state index contributed by atoms with van der Waals surface area (Å²) in [6.07, 6.45) is 1.17. The van der Waals surface area contributed by atoms with Crippen LogP contribution in [0.4, 0.5) is 0 Å². The highest BCUT2D eigenvalue weighted by Crippen LogP contribution is 2.13. The quantitative estimate of drug-likeness (QED) is 0.769. The first-order valence-corrected chi connectivity index (χ1v) is 6.15. The Morgan fingerprint density at radius 2 is 2.06 bits per heavy atom. The number of nitrogens with zero attached hydrogens (tertiary/aromatic N) is 1. The second-order valence-corrected chi connectivity index (χ2v) is 4.39. The van der Waals surface area contributed by atoms with Gasteiger partial charge in [0.2, 0.25) is 0 Å². The zero-order valence-corrected chi connectivity index (χ0v) is 9.57. The Bertz CT molecular complexity index is 415. The highest BCUT2D eigenvalue weighted by molar-refractivity contribution is 7.78. The first-order chi connectivity index (χ1) is 7.63. The molecule has 1 rings (SSSR count). The van der Waals surface area contributed by atoms with Crippen LogP contribution >= 0.6 is 0 Å². The smallest absolute Gasteiger partial charge is 0.0931 e. The minimum Gasteiger partial charge on any atom is -0.772 e. The van der Waals surface area contributed by atoms with Crippen LogP contribution in [0.3, 0.4) is 0 Å². The van der Waals surface area contributed by atoms with Crippen molar-refractivity contribution in [1.29, 1.82) is 5.26 Å². The standard InChI is InChI=1S/C11H14N2O2S/c12-7-11(13)6-5-9-3-1-2-4-10(9)8-16(14)15/h1-4,11H,5-6,8,13H2,(H,14,15)/p-1. The summed E-state index contributed by atoms with van der Waals surface area (Å²) in [7, 11) is 0. The van der Waals surface area contributed by atoms with Gasteiger partial charge in [-0.25, -0.2) is 0 Å². The molecule has 1 aromatic carbocycles. The third-order valence-electron chi connectivity index (χ3n) is 2.28. The predicted molar refractivity (Wildman–Crippen MR) is 61.0 cm³/mol. The number of nitriles is 1. The Labute approximate surface area is 97.4 Å². The van der Waals surface area contributed by atoms with Crippen molar-refractivity contribution in [3.05, 3.63) is 35.4 Å². The van der Waals surface area contributed by atoms with Gasteiger partial charge in [0.1, 0.15) is 0 Å². The first-order valence-electron chi connectivity index (χ1n) is 4.91. The molecule has 16 heavy (non-hydrogen) atoms. The zero-order valence-electron chi connectivity index (χ0n) is 8.76. The summed E-state index contributed by atoms with van der Waals surface area (Å²) < 4.78 is 21.3. The molecule has 1 aromatic rings. The first kappa shape index (κ1) is 12.8. The van der Waals surface area contributed by atoms with E-state index in [-0.39, 0.29) is 5.75 Å². The van der Waals surface area contributed by atoms with Crippen molar-refractivity contribution in [3.8, 4) is 6.07 Å². The molecule has 0 aliphatic rings. The van der Waals surface area contributed by atoms with Gasteiger partial charge in [-0.2, -0.15) is 5.26 Å². The molecule has 2 atom stereocenters. The maximum Gasteiger partial charge on any atom is 0.0931 e. The highest BCUT2D eigenvalue weighted by atomic mass is 32.2. The van der Waals surface area contributed by atoms with Gasteiger partial charge >= 0.3 is 0 Å². The van der Waals surface area contributed by atoms with Gasteiger partial charge in [-0.1, -0.05) is 35.3 Å². The minimum absolute atomic E-state index is 0.0119. The Kier molecular flexibility index (Phi) is 5.12. The summed E-state index contributed by atoms with van der Waals surface area (Å²) in [6.45, 7) is 0. The molecular weight excluding hydrogens is 224 g/mol. The molecule has 0 aromatic heterocycles. The molecule has 0 spiro atoms. The maximum atomic E-state index is 10.6. The van der Waals surface area contributed by atoms with Gasteiger partial charge in [-0.15, -0.1) is 0 Å². The van der Waals surface area contributed by atoms with E-state index in [1.54, 1.807) is 12.1 Å². The van der Waals surface area contributed by atoms with E-state index in [2.05, 4.69) is 0 Å². The van der Waals surface area contributed by atoms with Gasteiger partial charge < -0.3 is 10.3 Å². The molecule has 0 fully saturated rings. The molecule has 0 aliphatic carbocycles. The van der Waals surface area contributed by atoms with Gasteiger partial charge in [-0.05, 0) is 24.0 Å². The van der Waals surface area contributed by atoms with E-state index in [9.17, 15) is 8.76 Å². The van der Waals surface area contributed by atoms with Crippen LogP contribution in [0.15, 0.2) is 24.3 Å². The van der Waals surface area contributed by atoms with Crippen molar-refractivity contribution in [3.63, 3.8) is 0 Å². The molecule has 0 amide bonds. The van der Waals surface area contributed by atoms with Crippen molar-refractivity contribution in [2.75, 3.05) is 0 Å². The van der Waals surface area contributed by atoms with Gasteiger partial charge in [0.25, 0.3) is 0 Å². The van der Waals surface area contributed by atoms with Crippen LogP contribution in [0.1, 0.15) is 17.5 Å². The number of rotatable bonds is 5. The van der Waals surface area contributed by atoms with E-state index in [0.29, 0.717) is 12.8 Å². The summed E-state index contributed by atoms with van der Waals surface area (Å²) in [4.78, 5) is 0. The molecule has 4 nitrogen and oxygen atoms in total. The fraction of sp³-hybridized carbons (Fsp3) is 0.364. The molecule has 0 heterocycles. The lowest BCUT2D eigenvalue weighted by atomic mass is 10.0. The average molecular weight is 237 g/mol. The minimum atomic E-state index is -2.09. The number of benzene rings is 1. The average Bonchev–Trinajstić information content (AvgIpc) is 2.26. The van der Waals surface area contributed by atoms with E-state index in [1.165, 1.54) is 0 Å². The van der Waals surface area contributed by atoms with E-state index in [1.807, 2.05) is 18.2 Å². The van der Waals surface area contributed by atoms with Crippen LogP contribution in [-0.2, 0) is 23.3 Å². The van der Waals surface area contributed by atoms with Crippen molar-refractivity contribution >= 4 is 11.1 Å². The molecule has 0 radical (unpaired) electrons. The van der Waals surface area contributed by atoms with Crippen LogP contribution in [0.2, 0.25) is 0 Å². The molecule has 0 aliphatic heterocycles. The van der Waals surface area contributed by atoms with Crippen LogP contribution in [-0.4, -0.2) is 14.8 Å². The zero-order chi connectivity index (χ0) is 12.0. The number of aryl methyl sites for hydroxylation is 1. The Morgan fingerprint density at radius 3 is 2.62 bits per heavy atom. The van der Waals surface area contributed by atoms with E-state index < -0.39 is 17.1 Å². The summed E-state index contributed by atoms with van der Waals surface area (Å²) in [6, 6.07) is 8.76. The van der Waals surface area contributed by atoms with Gasteiger partial charge in [0.05, 0.1) is 12.1 Å². The third-order valence-corrected chi connectivity index (χ3v) is 2.83. The lowest BCUT2D eigenvalue weighted by Gasteiger charge is -2.11. The molecule has 86 valence electrons. The number of hydrogen-bond acceptors (Lipinski definition) is 4. The summed E-state index contributed by atoms with van der Waals surface area (Å²) >= 11 is -2.09. The topological polar surface area (TPSA) is 89.9 Å². The normalized spacial score (nSPS) is 14.1. The molecular formula is C11H13N2O2S-. The molecule has 0 saturated heterocycles. The molecule has 5 heteroatoms. The van der Waals surface area contributed by atoms with Crippen molar-refractivity contribution in [2.45, 2.75) is 24.6 Å². The highest BCUT2D eigenvalue weighted by Gasteiger charge is 2.05. The summed E-state index contributed by atoms with van der Waals surface area (Å²) in [5, 5.41) is 8.55. The second kappa shape index (κ2) is 6.38. The molecule has 2 N–H and O–H groups in total. The van der Waals surface area contributed by atoms with Crippen LogP contribution in [0, 0.1) is 11.3 Å². The Balaban J connectivity index is 2.71. The lowest BCUT2D eigenvalue weighted by Crippen LogP contribution is -2.18. The Morgan fingerprint density at radius 1 is 1.44 bits per heavy atom. The van der Waals surface area contributed by atoms with E-state index >= 15 is 0 Å². The van der Waals surface area contributed by atoms with Crippen molar-refractivity contribution in [1.82, 2.24) is 0 Å². The van der Waals surface area contributed by atoms with E-state index in [0.717, 1.165) is 11.1 Å². The second-order valence-electron chi connectivity index (χ2n) is 3.49. The molecule has 0 bridgehead atoms. The number of nitrogens with two attached hydrogens (primary N) is 1. The van der Waals surface area contributed by atoms with Gasteiger partial charge in [-0.3, -0.25) is 4.21 Å².